The van der Waals surface area contributed by atoms with Crippen molar-refractivity contribution in [1.29, 1.82) is 5.26 Å². The third-order valence-corrected chi connectivity index (χ3v) is 3.79. The van der Waals surface area contributed by atoms with Crippen LogP contribution >= 0.6 is 27.5 Å². The molecule has 0 N–H and O–H groups in total. The molecular weight excluding hydrogens is 326 g/mol. The molecule has 2 aromatic rings. The van der Waals surface area contributed by atoms with E-state index in [1.165, 1.54) is 0 Å². The highest BCUT2D eigenvalue weighted by Gasteiger charge is 2.08. The van der Waals surface area contributed by atoms with Crippen molar-refractivity contribution in [2.24, 2.45) is 0 Å². The van der Waals surface area contributed by atoms with E-state index < -0.39 is 0 Å². The summed E-state index contributed by atoms with van der Waals surface area (Å²) in [6.45, 7) is 3.85. The SMILES string of the molecule is Cc1cc(Oc2cc(Br)ccc2C#N)cc(C)c1Cl. The van der Waals surface area contributed by atoms with Crippen LogP contribution in [0.2, 0.25) is 5.02 Å². The van der Waals surface area contributed by atoms with E-state index in [1.54, 1.807) is 12.1 Å². The number of benzene rings is 2. The minimum absolute atomic E-state index is 0.494. The van der Waals surface area contributed by atoms with Gasteiger partial charge in [0.15, 0.2) is 0 Å². The van der Waals surface area contributed by atoms with E-state index in [9.17, 15) is 0 Å². The maximum atomic E-state index is 9.07. The fraction of sp³-hybridized carbons (Fsp3) is 0.133. The molecule has 0 atom stereocenters. The maximum Gasteiger partial charge on any atom is 0.146 e. The molecule has 0 aliphatic rings. The molecule has 19 heavy (non-hydrogen) atoms. The van der Waals surface area contributed by atoms with Gasteiger partial charge < -0.3 is 4.74 Å². The molecule has 0 unspecified atom stereocenters. The van der Waals surface area contributed by atoms with Gasteiger partial charge in [0.1, 0.15) is 17.6 Å². The van der Waals surface area contributed by atoms with Gasteiger partial charge >= 0.3 is 0 Å². The van der Waals surface area contributed by atoms with Gasteiger partial charge in [-0.25, -0.2) is 0 Å². The highest BCUT2D eigenvalue weighted by atomic mass is 79.9. The van der Waals surface area contributed by atoms with Gasteiger partial charge in [-0.2, -0.15) is 5.26 Å². The summed E-state index contributed by atoms with van der Waals surface area (Å²) in [4.78, 5) is 0. The van der Waals surface area contributed by atoms with Crippen LogP contribution in [0.25, 0.3) is 0 Å². The fourth-order valence-electron chi connectivity index (χ4n) is 1.77. The van der Waals surface area contributed by atoms with Gasteiger partial charge in [0, 0.05) is 9.50 Å². The van der Waals surface area contributed by atoms with E-state index in [4.69, 9.17) is 21.6 Å². The largest absolute Gasteiger partial charge is 0.456 e. The van der Waals surface area contributed by atoms with Crippen molar-refractivity contribution in [3.8, 4) is 17.6 Å². The minimum atomic E-state index is 0.494. The smallest absolute Gasteiger partial charge is 0.146 e. The molecule has 0 aliphatic heterocycles. The van der Waals surface area contributed by atoms with Crippen LogP contribution in [0, 0.1) is 25.2 Å². The average Bonchev–Trinajstić information content (AvgIpc) is 2.36. The number of halogens is 2. The number of rotatable bonds is 2. The third-order valence-electron chi connectivity index (χ3n) is 2.70. The molecule has 0 heterocycles. The molecule has 0 aromatic heterocycles. The molecule has 0 spiro atoms. The molecule has 2 nitrogen and oxygen atoms in total. The summed E-state index contributed by atoms with van der Waals surface area (Å²) in [5.74, 6) is 1.20. The monoisotopic (exact) mass is 335 g/mol. The van der Waals surface area contributed by atoms with Gasteiger partial charge in [-0.15, -0.1) is 0 Å². The van der Waals surface area contributed by atoms with Gasteiger partial charge in [0.2, 0.25) is 0 Å². The molecule has 96 valence electrons. The molecule has 0 radical (unpaired) electrons. The summed E-state index contributed by atoms with van der Waals surface area (Å²) in [5.41, 5.74) is 2.39. The lowest BCUT2D eigenvalue weighted by atomic mass is 10.1. The van der Waals surface area contributed by atoms with E-state index in [0.29, 0.717) is 17.1 Å². The number of nitriles is 1. The Labute approximate surface area is 125 Å². The van der Waals surface area contributed by atoms with Crippen molar-refractivity contribution < 1.29 is 4.74 Å². The summed E-state index contributed by atoms with van der Waals surface area (Å²) in [7, 11) is 0. The topological polar surface area (TPSA) is 33.0 Å². The van der Waals surface area contributed by atoms with Crippen molar-refractivity contribution in [3.05, 3.63) is 56.5 Å². The Morgan fingerprint density at radius 3 is 2.37 bits per heavy atom. The van der Waals surface area contributed by atoms with Gasteiger partial charge in [-0.05, 0) is 55.3 Å². The van der Waals surface area contributed by atoms with Gasteiger partial charge in [0.25, 0.3) is 0 Å². The molecule has 2 aromatic carbocycles. The second kappa shape index (κ2) is 5.64. The standard InChI is InChI=1S/C15H11BrClNO/c1-9-5-13(6-10(2)15(9)17)19-14-7-12(16)4-3-11(14)8-18/h3-7H,1-2H3. The summed E-state index contributed by atoms with van der Waals surface area (Å²) in [6.07, 6.45) is 0. The molecule has 4 heteroatoms. The Morgan fingerprint density at radius 2 is 1.79 bits per heavy atom. The predicted molar refractivity (Wildman–Crippen MR) is 79.9 cm³/mol. The summed E-state index contributed by atoms with van der Waals surface area (Å²) in [5, 5.41) is 9.81. The van der Waals surface area contributed by atoms with Crippen molar-refractivity contribution >= 4 is 27.5 Å². The Morgan fingerprint density at radius 1 is 1.16 bits per heavy atom. The average molecular weight is 337 g/mol. The second-order valence-electron chi connectivity index (χ2n) is 4.23. The van der Waals surface area contributed by atoms with Crippen LogP contribution in [0.4, 0.5) is 0 Å². The van der Waals surface area contributed by atoms with Crippen LogP contribution in [0.5, 0.6) is 11.5 Å². The first-order valence-corrected chi connectivity index (χ1v) is 6.82. The Bertz CT molecular complexity index is 653. The van der Waals surface area contributed by atoms with Crippen LogP contribution in [-0.2, 0) is 0 Å². The van der Waals surface area contributed by atoms with Crippen molar-refractivity contribution in [3.63, 3.8) is 0 Å². The molecule has 2 rings (SSSR count). The Hall–Kier alpha value is -1.50. The first-order valence-electron chi connectivity index (χ1n) is 5.65. The van der Waals surface area contributed by atoms with E-state index in [-0.39, 0.29) is 0 Å². The number of aryl methyl sites for hydroxylation is 2. The molecule has 0 saturated heterocycles. The van der Waals surface area contributed by atoms with E-state index in [0.717, 1.165) is 20.6 Å². The number of hydrogen-bond acceptors (Lipinski definition) is 2. The van der Waals surface area contributed by atoms with E-state index >= 15 is 0 Å². The van der Waals surface area contributed by atoms with Crippen molar-refractivity contribution in [2.75, 3.05) is 0 Å². The molecule has 0 saturated carbocycles. The zero-order valence-electron chi connectivity index (χ0n) is 10.5. The van der Waals surface area contributed by atoms with Crippen molar-refractivity contribution in [2.45, 2.75) is 13.8 Å². The molecule has 0 amide bonds. The summed E-state index contributed by atoms with van der Waals surface area (Å²) in [6, 6.07) is 11.1. The Kier molecular flexibility index (Phi) is 4.14. The van der Waals surface area contributed by atoms with Crippen LogP contribution in [0.3, 0.4) is 0 Å². The maximum absolute atomic E-state index is 9.07. The molecule has 0 fully saturated rings. The van der Waals surface area contributed by atoms with Gasteiger partial charge in [0.05, 0.1) is 5.56 Å². The zero-order valence-corrected chi connectivity index (χ0v) is 12.8. The highest BCUT2D eigenvalue weighted by Crippen LogP contribution is 2.32. The number of hydrogen-bond donors (Lipinski definition) is 0. The van der Waals surface area contributed by atoms with E-state index in [1.807, 2.05) is 32.0 Å². The first-order chi connectivity index (χ1) is 9.01. The van der Waals surface area contributed by atoms with E-state index in [2.05, 4.69) is 22.0 Å². The highest BCUT2D eigenvalue weighted by molar-refractivity contribution is 9.10. The van der Waals surface area contributed by atoms with Gasteiger partial charge in [-0.1, -0.05) is 27.5 Å². The lowest BCUT2D eigenvalue weighted by Gasteiger charge is -2.11. The molecule has 0 bridgehead atoms. The third kappa shape index (κ3) is 3.09. The molecule has 0 aliphatic carbocycles. The fourth-order valence-corrected chi connectivity index (χ4v) is 2.21. The lowest BCUT2D eigenvalue weighted by Crippen LogP contribution is -1.91. The molecular formula is C15H11BrClNO. The van der Waals surface area contributed by atoms with Crippen LogP contribution in [0.15, 0.2) is 34.8 Å². The summed E-state index contributed by atoms with van der Waals surface area (Å²) >= 11 is 9.49. The number of ether oxygens (including phenoxy) is 1. The van der Waals surface area contributed by atoms with Crippen LogP contribution in [-0.4, -0.2) is 0 Å². The Balaban J connectivity index is 2.42. The summed E-state index contributed by atoms with van der Waals surface area (Å²) < 4.78 is 6.65. The lowest BCUT2D eigenvalue weighted by molar-refractivity contribution is 0.480. The minimum Gasteiger partial charge on any atom is -0.456 e. The van der Waals surface area contributed by atoms with Crippen molar-refractivity contribution in [1.82, 2.24) is 0 Å². The van der Waals surface area contributed by atoms with Crippen LogP contribution in [0.1, 0.15) is 16.7 Å². The van der Waals surface area contributed by atoms with Crippen LogP contribution < -0.4 is 4.74 Å². The number of nitrogens with zero attached hydrogens (tertiary/aromatic N) is 1. The first kappa shape index (κ1) is 13.9. The second-order valence-corrected chi connectivity index (χ2v) is 5.52. The predicted octanol–water partition coefficient (Wildman–Crippen LogP) is 5.38. The van der Waals surface area contributed by atoms with Gasteiger partial charge in [-0.3, -0.25) is 0 Å². The zero-order chi connectivity index (χ0) is 14.0. The normalized spacial score (nSPS) is 10.1. The quantitative estimate of drug-likeness (QED) is 0.737.